The Hall–Kier alpha value is -4.80. The van der Waals surface area contributed by atoms with Crippen LogP contribution in [0, 0.1) is 12.1 Å². The third-order valence-electron chi connectivity index (χ3n) is 10.1. The summed E-state index contributed by atoms with van der Waals surface area (Å²) in [6.45, 7) is 4.74. The first-order valence-electron chi connectivity index (χ1n) is 14.7. The summed E-state index contributed by atoms with van der Waals surface area (Å²) < 4.78 is 0. The van der Waals surface area contributed by atoms with E-state index in [1.807, 2.05) is 6.07 Å². The molecule has 1 spiro atoms. The largest absolute Gasteiger partial charge is 0.358 e. The maximum absolute atomic E-state index is 3.95. The van der Waals surface area contributed by atoms with E-state index in [9.17, 15) is 0 Å². The van der Waals surface area contributed by atoms with E-state index in [-0.39, 0.29) is 10.8 Å². The van der Waals surface area contributed by atoms with Crippen LogP contribution in [0.3, 0.4) is 0 Å². The number of anilines is 1. The Balaban J connectivity index is 1.24. The third-order valence-corrected chi connectivity index (χ3v) is 10.1. The normalized spacial score (nSPS) is 17.6. The zero-order chi connectivity index (χ0) is 27.3. The lowest BCUT2D eigenvalue weighted by Crippen LogP contribution is -2.25. The van der Waals surface area contributed by atoms with Crippen LogP contribution in [-0.2, 0) is 10.8 Å². The van der Waals surface area contributed by atoms with Gasteiger partial charge >= 0.3 is 0 Å². The standard InChI is InChI=1S/C40H29N/c1-39(2)31-16-7-3-12-26(31)29-23-22-25(24-36(29)39)41-37-21-11-20-35-38(37)30-15-6-10-19-34(30)40(35)32-17-8-4-13-27(32)28-14-5-9-18-33(28)40/h3-5,7-14,16-21,24,41H,22-23H2,1-2H3. The lowest BCUT2D eigenvalue weighted by Gasteiger charge is -2.30. The Morgan fingerprint density at radius 2 is 1.29 bits per heavy atom. The van der Waals surface area contributed by atoms with Crippen molar-refractivity contribution in [2.24, 2.45) is 0 Å². The van der Waals surface area contributed by atoms with Gasteiger partial charge in [0.15, 0.2) is 0 Å². The molecule has 5 aromatic rings. The van der Waals surface area contributed by atoms with E-state index in [4.69, 9.17) is 0 Å². The lowest BCUT2D eigenvalue weighted by atomic mass is 9.70. The molecule has 9 rings (SSSR count). The summed E-state index contributed by atoms with van der Waals surface area (Å²) in [6, 6.07) is 44.8. The van der Waals surface area contributed by atoms with Crippen LogP contribution in [0.2, 0.25) is 0 Å². The van der Waals surface area contributed by atoms with Crippen molar-refractivity contribution in [3.8, 4) is 22.3 Å². The van der Waals surface area contributed by atoms with Crippen molar-refractivity contribution in [2.75, 3.05) is 5.32 Å². The molecule has 0 atom stereocenters. The van der Waals surface area contributed by atoms with Gasteiger partial charge < -0.3 is 5.32 Å². The minimum Gasteiger partial charge on any atom is -0.358 e. The van der Waals surface area contributed by atoms with Crippen molar-refractivity contribution in [3.05, 3.63) is 166 Å². The zero-order valence-corrected chi connectivity index (χ0v) is 23.3. The molecule has 0 aliphatic heterocycles. The van der Waals surface area contributed by atoms with E-state index >= 15 is 0 Å². The average Bonchev–Trinajstić information content (AvgIpc) is 3.57. The Labute approximate surface area is 241 Å². The second kappa shape index (κ2) is 7.90. The fourth-order valence-electron chi connectivity index (χ4n) is 8.37. The van der Waals surface area contributed by atoms with Gasteiger partial charge in [-0.05, 0) is 92.8 Å². The Morgan fingerprint density at radius 1 is 0.634 bits per heavy atom. The van der Waals surface area contributed by atoms with Crippen LogP contribution in [-0.4, -0.2) is 0 Å². The van der Waals surface area contributed by atoms with E-state index in [0.29, 0.717) is 0 Å². The molecular weight excluding hydrogens is 494 g/mol. The van der Waals surface area contributed by atoms with Crippen LogP contribution >= 0.6 is 0 Å². The Kier molecular flexibility index (Phi) is 4.42. The van der Waals surface area contributed by atoms with Gasteiger partial charge in [-0.2, -0.15) is 0 Å². The summed E-state index contributed by atoms with van der Waals surface area (Å²) in [6.07, 6.45) is 4.50. The smallest absolute Gasteiger partial charge is 0.0733 e. The molecule has 0 amide bonds. The average molecular weight is 524 g/mol. The van der Waals surface area contributed by atoms with Crippen molar-refractivity contribution < 1.29 is 0 Å². The van der Waals surface area contributed by atoms with Crippen molar-refractivity contribution in [1.82, 2.24) is 0 Å². The summed E-state index contributed by atoms with van der Waals surface area (Å²) in [5, 5.41) is 3.95. The molecule has 0 saturated carbocycles. The molecule has 1 heteroatoms. The van der Waals surface area contributed by atoms with Gasteiger partial charge in [-0.15, -0.1) is 0 Å². The van der Waals surface area contributed by atoms with Gasteiger partial charge in [0.2, 0.25) is 0 Å². The number of hydrogen-bond donors (Lipinski definition) is 1. The van der Waals surface area contributed by atoms with Gasteiger partial charge in [-0.25, -0.2) is 0 Å². The number of benzene rings is 4. The van der Waals surface area contributed by atoms with Crippen LogP contribution < -0.4 is 5.32 Å². The summed E-state index contributed by atoms with van der Waals surface area (Å²) in [4.78, 5) is 0. The van der Waals surface area contributed by atoms with Gasteiger partial charge in [0.25, 0.3) is 0 Å². The van der Waals surface area contributed by atoms with Gasteiger partial charge in [-0.3, -0.25) is 0 Å². The molecule has 0 fully saturated rings. The fraction of sp³-hybridized carbons (Fsp3) is 0.150. The summed E-state index contributed by atoms with van der Waals surface area (Å²) in [5.74, 6) is 0. The molecule has 41 heavy (non-hydrogen) atoms. The minimum atomic E-state index is -0.354. The fourth-order valence-corrected chi connectivity index (χ4v) is 8.37. The Bertz CT molecular complexity index is 1950. The molecule has 0 aromatic heterocycles. The monoisotopic (exact) mass is 523 g/mol. The van der Waals surface area contributed by atoms with Crippen LogP contribution in [0.4, 0.5) is 5.69 Å². The highest BCUT2D eigenvalue weighted by Gasteiger charge is 2.52. The van der Waals surface area contributed by atoms with Gasteiger partial charge in [0, 0.05) is 27.9 Å². The van der Waals surface area contributed by atoms with Crippen LogP contribution in [0.25, 0.3) is 27.8 Å². The van der Waals surface area contributed by atoms with E-state index in [2.05, 4.69) is 134 Å². The molecule has 0 radical (unpaired) electrons. The van der Waals surface area contributed by atoms with Gasteiger partial charge in [-0.1, -0.05) is 111 Å². The maximum atomic E-state index is 3.95. The maximum Gasteiger partial charge on any atom is 0.0733 e. The first-order valence-corrected chi connectivity index (χ1v) is 14.7. The first-order chi connectivity index (χ1) is 20.1. The zero-order valence-electron chi connectivity index (χ0n) is 23.3. The number of allylic oxidation sites excluding steroid dienone is 4. The van der Waals surface area contributed by atoms with E-state index < -0.39 is 0 Å². The van der Waals surface area contributed by atoms with E-state index in [1.165, 1.54) is 66.9 Å². The van der Waals surface area contributed by atoms with Crippen LogP contribution in [0.5, 0.6) is 0 Å². The number of hydrogen-bond acceptors (Lipinski definition) is 1. The molecule has 0 saturated heterocycles. The third kappa shape index (κ3) is 2.78. The molecule has 1 nitrogen and oxygen atoms in total. The van der Waals surface area contributed by atoms with Crippen molar-refractivity contribution in [2.45, 2.75) is 37.5 Å². The highest BCUT2D eigenvalue weighted by Crippen LogP contribution is 2.63. The highest BCUT2D eigenvalue weighted by molar-refractivity contribution is 5.98. The summed E-state index contributed by atoms with van der Waals surface area (Å²) in [5.41, 5.74) is 18.3. The summed E-state index contributed by atoms with van der Waals surface area (Å²) in [7, 11) is 0. The Morgan fingerprint density at radius 3 is 2.05 bits per heavy atom. The number of nitrogens with one attached hydrogen (secondary N) is 1. The first kappa shape index (κ1) is 23.0. The predicted octanol–water partition coefficient (Wildman–Crippen LogP) is 9.47. The molecule has 4 aliphatic carbocycles. The van der Waals surface area contributed by atoms with E-state index in [0.717, 1.165) is 24.1 Å². The van der Waals surface area contributed by atoms with Crippen LogP contribution in [0.1, 0.15) is 60.1 Å². The van der Waals surface area contributed by atoms with E-state index in [1.54, 1.807) is 0 Å². The van der Waals surface area contributed by atoms with Gasteiger partial charge in [0.05, 0.1) is 5.41 Å². The lowest BCUT2D eigenvalue weighted by molar-refractivity contribution is 0.649. The second-order valence-electron chi connectivity index (χ2n) is 12.3. The molecule has 0 unspecified atom stereocenters. The van der Waals surface area contributed by atoms with Crippen molar-refractivity contribution in [1.29, 1.82) is 0 Å². The minimum absolute atomic E-state index is 0.00851. The van der Waals surface area contributed by atoms with Gasteiger partial charge in [0.1, 0.15) is 0 Å². The molecule has 0 bridgehead atoms. The molecule has 5 aromatic carbocycles. The van der Waals surface area contributed by atoms with Crippen LogP contribution in [0.15, 0.2) is 120 Å². The molecule has 194 valence electrons. The van der Waals surface area contributed by atoms with Crippen molar-refractivity contribution >= 4 is 11.3 Å². The number of fused-ring (bicyclic) bond motifs is 12. The quantitative estimate of drug-likeness (QED) is 0.238. The predicted molar refractivity (Wildman–Crippen MR) is 168 cm³/mol. The summed E-state index contributed by atoms with van der Waals surface area (Å²) >= 11 is 0. The SMILES string of the molecule is CC1(C)C2=C(CCC(Nc3cccc4c3-c3c#cccc3C43c4ccccc4-c4ccccc43)=C2)c2ccccc21. The highest BCUT2D eigenvalue weighted by atomic mass is 14.9. The second-order valence-corrected chi connectivity index (χ2v) is 12.3. The molecule has 0 heterocycles. The topological polar surface area (TPSA) is 12.0 Å². The van der Waals surface area contributed by atoms with Crippen molar-refractivity contribution in [3.63, 3.8) is 0 Å². The molecule has 1 N–H and O–H groups in total. The number of rotatable bonds is 2. The molecular formula is C40H29N. The molecule has 4 aliphatic rings.